The predicted molar refractivity (Wildman–Crippen MR) is 72.9 cm³/mol. The molecular formula is C14H14ClNO3. The Bertz CT molecular complexity index is 646. The van der Waals surface area contributed by atoms with Crippen molar-refractivity contribution >= 4 is 16.8 Å². The Morgan fingerprint density at radius 2 is 2.00 bits per heavy atom. The molecular weight excluding hydrogens is 266 g/mol. The molecule has 2 aromatic rings. The molecule has 0 bridgehead atoms. The summed E-state index contributed by atoms with van der Waals surface area (Å²) in [5.74, 6) is 1.06. The molecule has 19 heavy (non-hydrogen) atoms. The molecule has 0 amide bonds. The zero-order valence-corrected chi connectivity index (χ0v) is 12.0. The van der Waals surface area contributed by atoms with Crippen LogP contribution >= 0.6 is 11.6 Å². The van der Waals surface area contributed by atoms with Crippen LogP contribution in [0, 0.1) is 20.8 Å². The van der Waals surface area contributed by atoms with E-state index >= 15 is 0 Å². The molecule has 5 heteroatoms. The number of halogens is 1. The first-order valence-electron chi connectivity index (χ1n) is 5.77. The molecule has 0 saturated carbocycles. The van der Waals surface area contributed by atoms with E-state index in [4.69, 9.17) is 20.9 Å². The normalized spacial score (nSPS) is 10.6. The van der Waals surface area contributed by atoms with Gasteiger partial charge in [0.25, 0.3) is 5.24 Å². The number of hydrogen-bond donors (Lipinski definition) is 0. The zero-order chi connectivity index (χ0) is 14.2. The first kappa shape index (κ1) is 13.6. The van der Waals surface area contributed by atoms with E-state index in [0.29, 0.717) is 22.8 Å². The largest absolute Gasteiger partial charge is 0.496 e. The molecule has 0 N–H and O–H groups in total. The number of rotatable bonds is 3. The van der Waals surface area contributed by atoms with Gasteiger partial charge >= 0.3 is 0 Å². The first-order valence-corrected chi connectivity index (χ1v) is 6.15. The highest BCUT2D eigenvalue weighted by Gasteiger charge is 2.23. The Kier molecular flexibility index (Phi) is 3.62. The standard InChI is InChI=1S/C14H14ClNO3/c1-7-5-8(2)13(18-4)10(6-7)12-11(14(15)17)9(3)19-16-12/h5-6H,1-4H3. The molecule has 1 aromatic carbocycles. The molecule has 2 rings (SSSR count). The molecule has 4 nitrogen and oxygen atoms in total. The van der Waals surface area contributed by atoms with Crippen molar-refractivity contribution in [1.82, 2.24) is 5.16 Å². The van der Waals surface area contributed by atoms with E-state index in [1.54, 1.807) is 14.0 Å². The Morgan fingerprint density at radius 3 is 2.58 bits per heavy atom. The lowest BCUT2D eigenvalue weighted by molar-refractivity contribution is 0.108. The lowest BCUT2D eigenvalue weighted by atomic mass is 10.0. The predicted octanol–water partition coefficient (Wildman–Crippen LogP) is 3.65. The van der Waals surface area contributed by atoms with Gasteiger partial charge in [-0.3, -0.25) is 4.79 Å². The molecule has 0 atom stereocenters. The van der Waals surface area contributed by atoms with Gasteiger partial charge < -0.3 is 9.26 Å². The van der Waals surface area contributed by atoms with Crippen LogP contribution in [0.1, 0.15) is 27.2 Å². The van der Waals surface area contributed by atoms with Crippen LogP contribution in [0.25, 0.3) is 11.3 Å². The summed E-state index contributed by atoms with van der Waals surface area (Å²) in [6, 6.07) is 3.89. The second kappa shape index (κ2) is 5.05. The number of carbonyl (C=O) groups excluding carboxylic acids is 1. The van der Waals surface area contributed by atoms with E-state index in [9.17, 15) is 4.79 Å². The van der Waals surface area contributed by atoms with Crippen LogP contribution in [0.3, 0.4) is 0 Å². The van der Waals surface area contributed by atoms with Crippen LogP contribution in [-0.2, 0) is 0 Å². The van der Waals surface area contributed by atoms with Crippen LogP contribution in [-0.4, -0.2) is 17.5 Å². The summed E-state index contributed by atoms with van der Waals surface area (Å²) in [7, 11) is 1.58. The average Bonchev–Trinajstić information content (AvgIpc) is 2.70. The van der Waals surface area contributed by atoms with Crippen molar-refractivity contribution in [3.63, 3.8) is 0 Å². The summed E-state index contributed by atoms with van der Waals surface area (Å²) in [5, 5.41) is 3.35. The SMILES string of the molecule is COc1c(C)cc(C)cc1-c1noc(C)c1C(=O)Cl. The minimum absolute atomic E-state index is 0.282. The fraction of sp³-hybridized carbons (Fsp3) is 0.286. The molecule has 0 spiro atoms. The quantitative estimate of drug-likeness (QED) is 0.805. The maximum atomic E-state index is 11.5. The molecule has 0 aliphatic heterocycles. The summed E-state index contributed by atoms with van der Waals surface area (Å²) < 4.78 is 10.5. The van der Waals surface area contributed by atoms with E-state index in [-0.39, 0.29) is 5.56 Å². The zero-order valence-electron chi connectivity index (χ0n) is 11.2. The van der Waals surface area contributed by atoms with Crippen molar-refractivity contribution in [3.05, 3.63) is 34.6 Å². The molecule has 1 aromatic heterocycles. The molecule has 0 saturated heterocycles. The van der Waals surface area contributed by atoms with Gasteiger partial charge in [0.1, 0.15) is 22.8 Å². The van der Waals surface area contributed by atoms with Gasteiger partial charge in [0.05, 0.1) is 7.11 Å². The number of hydrogen-bond acceptors (Lipinski definition) is 4. The third-order valence-corrected chi connectivity index (χ3v) is 3.13. The minimum atomic E-state index is -0.588. The van der Waals surface area contributed by atoms with Crippen LogP contribution in [0.15, 0.2) is 16.7 Å². The number of benzene rings is 1. The smallest absolute Gasteiger partial charge is 0.258 e. The Morgan fingerprint density at radius 1 is 1.32 bits per heavy atom. The fourth-order valence-electron chi connectivity index (χ4n) is 2.19. The average molecular weight is 280 g/mol. The molecule has 0 fully saturated rings. The monoisotopic (exact) mass is 279 g/mol. The van der Waals surface area contributed by atoms with E-state index < -0.39 is 5.24 Å². The van der Waals surface area contributed by atoms with Crippen molar-refractivity contribution in [2.45, 2.75) is 20.8 Å². The number of aromatic nitrogens is 1. The summed E-state index contributed by atoms with van der Waals surface area (Å²) >= 11 is 5.60. The summed E-state index contributed by atoms with van der Waals surface area (Å²) in [4.78, 5) is 11.5. The highest BCUT2D eigenvalue weighted by atomic mass is 35.5. The van der Waals surface area contributed by atoms with Crippen LogP contribution in [0.2, 0.25) is 0 Å². The van der Waals surface area contributed by atoms with Gasteiger partial charge in [0, 0.05) is 5.56 Å². The maximum absolute atomic E-state index is 11.5. The van der Waals surface area contributed by atoms with Crippen molar-refractivity contribution in [3.8, 4) is 17.0 Å². The number of carbonyl (C=O) groups is 1. The lowest BCUT2D eigenvalue weighted by Crippen LogP contribution is -1.97. The third kappa shape index (κ3) is 2.36. The van der Waals surface area contributed by atoms with Gasteiger partial charge in [-0.15, -0.1) is 0 Å². The fourth-order valence-corrected chi connectivity index (χ4v) is 2.41. The summed E-state index contributed by atoms with van der Waals surface area (Å²) in [5.41, 5.74) is 3.42. The van der Waals surface area contributed by atoms with E-state index in [0.717, 1.165) is 11.1 Å². The molecule has 1 heterocycles. The van der Waals surface area contributed by atoms with Gasteiger partial charge in [0.15, 0.2) is 0 Å². The second-order valence-corrected chi connectivity index (χ2v) is 4.74. The summed E-state index contributed by atoms with van der Waals surface area (Å²) in [6.07, 6.45) is 0. The first-order chi connectivity index (χ1) is 8.95. The number of methoxy groups -OCH3 is 1. The van der Waals surface area contributed by atoms with Crippen molar-refractivity contribution in [2.24, 2.45) is 0 Å². The third-order valence-electron chi connectivity index (χ3n) is 2.94. The highest BCUT2D eigenvalue weighted by molar-refractivity contribution is 6.68. The lowest BCUT2D eigenvalue weighted by Gasteiger charge is -2.11. The molecule has 0 aliphatic carbocycles. The Labute approximate surface area is 116 Å². The molecule has 100 valence electrons. The van der Waals surface area contributed by atoms with E-state index in [1.807, 2.05) is 26.0 Å². The van der Waals surface area contributed by atoms with E-state index in [1.165, 1.54) is 0 Å². The van der Waals surface area contributed by atoms with Gasteiger partial charge in [-0.05, 0) is 49.6 Å². The molecule has 0 unspecified atom stereocenters. The van der Waals surface area contributed by atoms with Crippen LogP contribution in [0.5, 0.6) is 5.75 Å². The van der Waals surface area contributed by atoms with Crippen LogP contribution < -0.4 is 4.74 Å². The number of ether oxygens (including phenoxy) is 1. The second-order valence-electron chi connectivity index (χ2n) is 4.40. The van der Waals surface area contributed by atoms with E-state index in [2.05, 4.69) is 5.16 Å². The van der Waals surface area contributed by atoms with Gasteiger partial charge in [-0.2, -0.15) is 0 Å². The van der Waals surface area contributed by atoms with Gasteiger partial charge in [-0.1, -0.05) is 11.2 Å². The summed E-state index contributed by atoms with van der Waals surface area (Å²) in [6.45, 7) is 5.55. The van der Waals surface area contributed by atoms with Crippen molar-refractivity contribution in [2.75, 3.05) is 7.11 Å². The van der Waals surface area contributed by atoms with Crippen molar-refractivity contribution < 1.29 is 14.1 Å². The molecule has 0 aliphatic rings. The highest BCUT2D eigenvalue weighted by Crippen LogP contribution is 2.36. The molecule has 0 radical (unpaired) electrons. The Hall–Kier alpha value is -1.81. The van der Waals surface area contributed by atoms with Crippen molar-refractivity contribution in [1.29, 1.82) is 0 Å². The Balaban J connectivity index is 2.75. The van der Waals surface area contributed by atoms with Gasteiger partial charge in [-0.25, -0.2) is 0 Å². The topological polar surface area (TPSA) is 52.3 Å². The number of nitrogens with zero attached hydrogens (tertiary/aromatic N) is 1. The maximum Gasteiger partial charge on any atom is 0.258 e. The van der Waals surface area contributed by atoms with Gasteiger partial charge in [0.2, 0.25) is 0 Å². The minimum Gasteiger partial charge on any atom is -0.496 e. The van der Waals surface area contributed by atoms with Crippen LogP contribution in [0.4, 0.5) is 0 Å². The number of aryl methyl sites for hydroxylation is 3.